The lowest BCUT2D eigenvalue weighted by atomic mass is 10.2. The Bertz CT molecular complexity index is 449. The summed E-state index contributed by atoms with van der Waals surface area (Å²) >= 11 is 0. The summed E-state index contributed by atoms with van der Waals surface area (Å²) in [5.41, 5.74) is 0.0435. The Morgan fingerprint density at radius 3 is 2.80 bits per heavy atom. The molecule has 4 nitrogen and oxygen atoms in total. The Hall–Kier alpha value is -1.58. The monoisotopic (exact) mass is 207 g/mol. The van der Waals surface area contributed by atoms with Gasteiger partial charge in [0.2, 0.25) is 0 Å². The maximum atomic E-state index is 11.4. The Kier molecular flexibility index (Phi) is 2.34. The van der Waals surface area contributed by atoms with Crippen LogP contribution >= 0.6 is 0 Å². The number of hydrogen-bond donors (Lipinski definition) is 1. The van der Waals surface area contributed by atoms with Crippen LogP contribution in [-0.2, 0) is 6.54 Å². The summed E-state index contributed by atoms with van der Waals surface area (Å²) in [7, 11) is 0. The minimum absolute atomic E-state index is 0.126. The van der Waals surface area contributed by atoms with E-state index in [0.717, 1.165) is 6.42 Å². The second kappa shape index (κ2) is 3.53. The van der Waals surface area contributed by atoms with Crippen LogP contribution in [-0.4, -0.2) is 15.6 Å². The van der Waals surface area contributed by atoms with Crippen LogP contribution in [0, 0.1) is 11.8 Å². The highest BCUT2D eigenvalue weighted by molar-refractivity contribution is 5.87. The lowest BCUT2D eigenvalue weighted by Gasteiger charge is -2.05. The van der Waals surface area contributed by atoms with Crippen LogP contribution in [0.25, 0.3) is 0 Å². The molecule has 0 saturated heterocycles. The zero-order valence-electron chi connectivity index (χ0n) is 8.51. The standard InChI is InChI=1S/C11H13NO3/c1-7-4-9(7)6-12-5-8(11(14)15)2-3-10(12)13/h2-3,5,7,9H,4,6H2,1H3,(H,14,15). The van der Waals surface area contributed by atoms with Gasteiger partial charge in [-0.15, -0.1) is 0 Å². The van der Waals surface area contributed by atoms with E-state index in [1.54, 1.807) is 0 Å². The van der Waals surface area contributed by atoms with Gasteiger partial charge in [0.15, 0.2) is 0 Å². The number of rotatable bonds is 3. The van der Waals surface area contributed by atoms with Gasteiger partial charge < -0.3 is 9.67 Å². The molecule has 1 aromatic rings. The molecule has 0 spiro atoms. The van der Waals surface area contributed by atoms with Gasteiger partial charge in [-0.1, -0.05) is 6.92 Å². The molecule has 1 aromatic heterocycles. The fourth-order valence-electron chi connectivity index (χ4n) is 1.71. The molecule has 0 radical (unpaired) electrons. The van der Waals surface area contributed by atoms with Gasteiger partial charge in [-0.2, -0.15) is 0 Å². The highest BCUT2D eigenvalue weighted by Crippen LogP contribution is 2.38. The first-order valence-electron chi connectivity index (χ1n) is 5.01. The van der Waals surface area contributed by atoms with Crippen molar-refractivity contribution in [1.29, 1.82) is 0 Å². The molecule has 80 valence electrons. The predicted molar refractivity (Wildman–Crippen MR) is 54.9 cm³/mol. The van der Waals surface area contributed by atoms with Gasteiger partial charge in [0.1, 0.15) is 0 Å². The third-order valence-corrected chi connectivity index (χ3v) is 2.94. The molecule has 4 heteroatoms. The van der Waals surface area contributed by atoms with Crippen molar-refractivity contribution in [3.8, 4) is 0 Å². The average Bonchev–Trinajstić information content (AvgIpc) is 2.85. The third kappa shape index (κ3) is 2.09. The molecular weight excluding hydrogens is 194 g/mol. The number of carboxylic acids is 1. The SMILES string of the molecule is CC1CC1Cn1cc(C(=O)O)ccc1=O. The topological polar surface area (TPSA) is 59.3 Å². The van der Waals surface area contributed by atoms with Crippen LogP contribution < -0.4 is 5.56 Å². The van der Waals surface area contributed by atoms with Crippen molar-refractivity contribution in [2.75, 3.05) is 0 Å². The highest BCUT2D eigenvalue weighted by atomic mass is 16.4. The Labute approximate surface area is 87.2 Å². The van der Waals surface area contributed by atoms with Crippen LogP contribution in [0.4, 0.5) is 0 Å². The molecule has 1 fully saturated rings. The quantitative estimate of drug-likeness (QED) is 0.810. The summed E-state index contributed by atoms with van der Waals surface area (Å²) in [6.45, 7) is 2.78. The summed E-state index contributed by atoms with van der Waals surface area (Å²) in [5.74, 6) is 0.199. The fourth-order valence-corrected chi connectivity index (χ4v) is 1.71. The molecule has 0 aliphatic heterocycles. The van der Waals surface area contributed by atoms with E-state index in [1.165, 1.54) is 22.9 Å². The molecule has 1 aliphatic carbocycles. The van der Waals surface area contributed by atoms with Crippen LogP contribution in [0.3, 0.4) is 0 Å². The van der Waals surface area contributed by atoms with Gasteiger partial charge in [-0.05, 0) is 24.3 Å². The number of pyridine rings is 1. The second-order valence-electron chi connectivity index (χ2n) is 4.19. The van der Waals surface area contributed by atoms with Crippen molar-refractivity contribution in [2.45, 2.75) is 19.9 Å². The summed E-state index contributed by atoms with van der Waals surface area (Å²) in [5, 5.41) is 8.79. The average molecular weight is 207 g/mol. The molecule has 1 aliphatic rings. The third-order valence-electron chi connectivity index (χ3n) is 2.94. The molecule has 2 atom stereocenters. The van der Waals surface area contributed by atoms with E-state index in [-0.39, 0.29) is 11.1 Å². The van der Waals surface area contributed by atoms with Crippen LogP contribution in [0.2, 0.25) is 0 Å². The summed E-state index contributed by atoms with van der Waals surface area (Å²) in [6, 6.07) is 2.66. The number of hydrogen-bond acceptors (Lipinski definition) is 2. The maximum absolute atomic E-state index is 11.4. The van der Waals surface area contributed by atoms with Crippen LogP contribution in [0.1, 0.15) is 23.7 Å². The second-order valence-corrected chi connectivity index (χ2v) is 4.19. The molecule has 1 saturated carbocycles. The first-order chi connectivity index (χ1) is 7.08. The van der Waals surface area contributed by atoms with Crippen molar-refractivity contribution in [1.82, 2.24) is 4.57 Å². The van der Waals surface area contributed by atoms with E-state index in [9.17, 15) is 9.59 Å². The Morgan fingerprint density at radius 1 is 1.60 bits per heavy atom. The minimum atomic E-state index is -0.993. The predicted octanol–water partition coefficient (Wildman–Crippen LogP) is 1.20. The first-order valence-corrected chi connectivity index (χ1v) is 5.01. The number of aromatic nitrogens is 1. The van der Waals surface area contributed by atoms with Gasteiger partial charge in [0.25, 0.3) is 5.56 Å². The van der Waals surface area contributed by atoms with Crippen molar-refractivity contribution in [2.24, 2.45) is 11.8 Å². The Morgan fingerprint density at radius 2 is 2.27 bits per heavy atom. The summed E-state index contributed by atoms with van der Waals surface area (Å²) in [4.78, 5) is 22.1. The van der Waals surface area contributed by atoms with Crippen LogP contribution in [0.5, 0.6) is 0 Å². The maximum Gasteiger partial charge on any atom is 0.337 e. The van der Waals surface area contributed by atoms with E-state index in [0.29, 0.717) is 18.4 Å². The van der Waals surface area contributed by atoms with E-state index in [4.69, 9.17) is 5.11 Å². The number of carboxylic acid groups (broad SMARTS) is 1. The van der Waals surface area contributed by atoms with Gasteiger partial charge >= 0.3 is 5.97 Å². The Balaban J connectivity index is 2.25. The molecular formula is C11H13NO3. The molecule has 0 aromatic carbocycles. The van der Waals surface area contributed by atoms with E-state index < -0.39 is 5.97 Å². The van der Waals surface area contributed by atoms with Gasteiger partial charge in [-0.3, -0.25) is 4.79 Å². The van der Waals surface area contributed by atoms with Gasteiger partial charge in [-0.25, -0.2) is 4.79 Å². The zero-order valence-corrected chi connectivity index (χ0v) is 8.51. The first kappa shape index (κ1) is 9.96. The minimum Gasteiger partial charge on any atom is -0.478 e. The lowest BCUT2D eigenvalue weighted by molar-refractivity contribution is 0.0695. The smallest absolute Gasteiger partial charge is 0.337 e. The van der Waals surface area contributed by atoms with Crippen molar-refractivity contribution < 1.29 is 9.90 Å². The molecule has 1 heterocycles. The normalized spacial score (nSPS) is 23.8. The van der Waals surface area contributed by atoms with Gasteiger partial charge in [0, 0.05) is 18.8 Å². The van der Waals surface area contributed by atoms with E-state index in [2.05, 4.69) is 6.92 Å². The zero-order chi connectivity index (χ0) is 11.0. The number of aromatic carboxylic acids is 1. The highest BCUT2D eigenvalue weighted by Gasteiger charge is 2.32. The van der Waals surface area contributed by atoms with Crippen molar-refractivity contribution in [3.63, 3.8) is 0 Å². The van der Waals surface area contributed by atoms with Gasteiger partial charge in [0.05, 0.1) is 5.56 Å². The molecule has 0 amide bonds. The number of carbonyl (C=O) groups is 1. The largest absolute Gasteiger partial charge is 0.478 e. The molecule has 1 N–H and O–H groups in total. The fraction of sp³-hybridized carbons (Fsp3) is 0.455. The van der Waals surface area contributed by atoms with E-state index >= 15 is 0 Å². The van der Waals surface area contributed by atoms with Crippen molar-refractivity contribution in [3.05, 3.63) is 34.2 Å². The number of nitrogens with zero attached hydrogens (tertiary/aromatic N) is 1. The molecule has 2 unspecified atom stereocenters. The molecule has 15 heavy (non-hydrogen) atoms. The molecule has 2 rings (SSSR count). The lowest BCUT2D eigenvalue weighted by Crippen LogP contribution is -2.21. The van der Waals surface area contributed by atoms with E-state index in [1.807, 2.05) is 0 Å². The summed E-state index contributed by atoms with van der Waals surface area (Å²) in [6.07, 6.45) is 2.56. The summed E-state index contributed by atoms with van der Waals surface area (Å²) < 4.78 is 1.50. The molecule has 0 bridgehead atoms. The van der Waals surface area contributed by atoms with Crippen LogP contribution in [0.15, 0.2) is 23.1 Å². The van der Waals surface area contributed by atoms with Crippen molar-refractivity contribution >= 4 is 5.97 Å².